The van der Waals surface area contributed by atoms with Crippen molar-refractivity contribution in [3.63, 3.8) is 0 Å². The van der Waals surface area contributed by atoms with Crippen LogP contribution in [-0.2, 0) is 0 Å². The molecule has 0 aliphatic heterocycles. The Balaban J connectivity index is 1.65. The third-order valence-electron chi connectivity index (χ3n) is 4.78. The molecule has 2 N–H and O–H groups in total. The van der Waals surface area contributed by atoms with Crippen molar-refractivity contribution in [1.82, 2.24) is 0 Å². The smallest absolute Gasteiger partial charge is 0.335 e. The van der Waals surface area contributed by atoms with Gasteiger partial charge >= 0.3 is 5.97 Å². The van der Waals surface area contributed by atoms with Crippen molar-refractivity contribution in [2.75, 3.05) is 5.32 Å². The number of amides is 1. The summed E-state index contributed by atoms with van der Waals surface area (Å²) in [4.78, 5) is 24.4. The van der Waals surface area contributed by atoms with Crippen LogP contribution in [0.2, 0.25) is 0 Å². The Labute approximate surface area is 174 Å². The van der Waals surface area contributed by atoms with Gasteiger partial charge in [-0.2, -0.15) is 0 Å². The molecule has 0 aromatic heterocycles. The second-order valence-electron chi connectivity index (χ2n) is 6.87. The van der Waals surface area contributed by atoms with Crippen LogP contribution in [-0.4, -0.2) is 17.0 Å². The molecule has 1 amide bonds. The Hall–Kier alpha value is -4.18. The van der Waals surface area contributed by atoms with E-state index in [0.29, 0.717) is 11.3 Å². The van der Waals surface area contributed by atoms with Crippen LogP contribution in [0.1, 0.15) is 20.7 Å². The molecule has 0 atom stereocenters. The lowest BCUT2D eigenvalue weighted by molar-refractivity contribution is 0.0696. The number of benzene rings is 4. The van der Waals surface area contributed by atoms with Gasteiger partial charge in [0, 0.05) is 11.3 Å². The summed E-state index contributed by atoms with van der Waals surface area (Å²) in [5.74, 6) is -1.34. The highest BCUT2D eigenvalue weighted by molar-refractivity contribution is 6.06. The van der Waals surface area contributed by atoms with E-state index in [0.717, 1.165) is 22.3 Å². The molecule has 0 saturated heterocycles. The number of nitrogens with one attached hydrogen (secondary N) is 1. The lowest BCUT2D eigenvalue weighted by Crippen LogP contribution is -2.12. The minimum Gasteiger partial charge on any atom is -0.478 e. The van der Waals surface area contributed by atoms with E-state index in [4.69, 9.17) is 0 Å². The first-order valence-electron chi connectivity index (χ1n) is 9.51. The zero-order chi connectivity index (χ0) is 20.9. The molecule has 146 valence electrons. The monoisotopic (exact) mass is 393 g/mol. The molecule has 30 heavy (non-hydrogen) atoms. The maximum atomic E-state index is 12.9. The van der Waals surface area contributed by atoms with Gasteiger partial charge in [0.05, 0.1) is 5.56 Å². The predicted octanol–water partition coefficient (Wildman–Crippen LogP) is 5.97. The number of carbonyl (C=O) groups is 2. The third kappa shape index (κ3) is 4.28. The SMILES string of the molecule is O=C(O)c1cc(NC(=O)c2cccc(-c3ccccc3)c2)cc(-c2ccccc2)c1. The Morgan fingerprint density at radius 2 is 1.13 bits per heavy atom. The lowest BCUT2D eigenvalue weighted by Gasteiger charge is -2.11. The van der Waals surface area contributed by atoms with E-state index in [9.17, 15) is 14.7 Å². The molecule has 0 radical (unpaired) electrons. The van der Waals surface area contributed by atoms with Crippen molar-refractivity contribution in [2.24, 2.45) is 0 Å². The van der Waals surface area contributed by atoms with Gasteiger partial charge in [0.15, 0.2) is 0 Å². The molecule has 0 bridgehead atoms. The van der Waals surface area contributed by atoms with E-state index < -0.39 is 5.97 Å². The topological polar surface area (TPSA) is 66.4 Å². The minimum atomic E-state index is -1.05. The second-order valence-corrected chi connectivity index (χ2v) is 6.87. The summed E-state index contributed by atoms with van der Waals surface area (Å²) in [6, 6.07) is 31.5. The molecule has 4 rings (SSSR count). The highest BCUT2D eigenvalue weighted by Crippen LogP contribution is 2.26. The van der Waals surface area contributed by atoms with Crippen molar-refractivity contribution in [1.29, 1.82) is 0 Å². The number of hydrogen-bond acceptors (Lipinski definition) is 2. The Kier molecular flexibility index (Phi) is 5.39. The van der Waals surface area contributed by atoms with Crippen molar-refractivity contribution >= 4 is 17.6 Å². The summed E-state index contributed by atoms with van der Waals surface area (Å²) in [5, 5.41) is 12.3. The van der Waals surface area contributed by atoms with E-state index in [1.807, 2.05) is 78.9 Å². The van der Waals surface area contributed by atoms with Gasteiger partial charge in [0.1, 0.15) is 0 Å². The number of hydrogen-bond donors (Lipinski definition) is 2. The van der Waals surface area contributed by atoms with Crippen molar-refractivity contribution in [3.8, 4) is 22.3 Å². The van der Waals surface area contributed by atoms with Gasteiger partial charge in [0.2, 0.25) is 0 Å². The minimum absolute atomic E-state index is 0.115. The average molecular weight is 393 g/mol. The van der Waals surface area contributed by atoms with Crippen molar-refractivity contribution < 1.29 is 14.7 Å². The molecule has 4 nitrogen and oxygen atoms in total. The fourth-order valence-corrected chi connectivity index (χ4v) is 3.29. The first-order valence-corrected chi connectivity index (χ1v) is 9.51. The van der Waals surface area contributed by atoms with E-state index >= 15 is 0 Å². The second kappa shape index (κ2) is 8.45. The van der Waals surface area contributed by atoms with Crippen LogP contribution < -0.4 is 5.32 Å². The highest BCUT2D eigenvalue weighted by Gasteiger charge is 2.12. The molecular formula is C26H19NO3. The molecule has 0 saturated carbocycles. The Morgan fingerprint density at radius 1 is 0.567 bits per heavy atom. The van der Waals surface area contributed by atoms with E-state index in [1.165, 1.54) is 6.07 Å². The highest BCUT2D eigenvalue weighted by atomic mass is 16.4. The molecule has 0 heterocycles. The number of anilines is 1. The molecule has 4 heteroatoms. The number of carbonyl (C=O) groups excluding carboxylic acids is 1. The summed E-state index contributed by atoms with van der Waals surface area (Å²) >= 11 is 0. The van der Waals surface area contributed by atoms with Crippen LogP contribution in [0.15, 0.2) is 103 Å². The quantitative estimate of drug-likeness (QED) is 0.439. The van der Waals surface area contributed by atoms with Gasteiger partial charge < -0.3 is 10.4 Å². The number of carboxylic acids is 1. The molecule has 4 aromatic carbocycles. The zero-order valence-corrected chi connectivity index (χ0v) is 16.1. The van der Waals surface area contributed by atoms with Crippen LogP contribution in [0.3, 0.4) is 0 Å². The van der Waals surface area contributed by atoms with Crippen LogP contribution in [0, 0.1) is 0 Å². The summed E-state index contributed by atoms with van der Waals surface area (Å²) in [6.07, 6.45) is 0. The van der Waals surface area contributed by atoms with Gasteiger partial charge in [-0.1, -0.05) is 72.8 Å². The standard InChI is InChI=1S/C26H19NO3/c28-25(21-13-7-12-20(14-21)18-8-3-1-4-9-18)27-24-16-22(15-23(17-24)26(29)30)19-10-5-2-6-11-19/h1-17H,(H,27,28)(H,29,30). The fraction of sp³-hybridized carbons (Fsp3) is 0. The van der Waals surface area contributed by atoms with Crippen molar-refractivity contribution in [2.45, 2.75) is 0 Å². The van der Waals surface area contributed by atoms with Crippen LogP contribution >= 0.6 is 0 Å². The molecule has 0 aliphatic rings. The largest absolute Gasteiger partial charge is 0.478 e. The first-order chi connectivity index (χ1) is 14.6. The molecule has 0 unspecified atom stereocenters. The summed E-state index contributed by atoms with van der Waals surface area (Å²) in [7, 11) is 0. The Morgan fingerprint density at radius 3 is 1.77 bits per heavy atom. The average Bonchev–Trinajstić information content (AvgIpc) is 2.80. The zero-order valence-electron chi connectivity index (χ0n) is 16.1. The predicted molar refractivity (Wildman–Crippen MR) is 119 cm³/mol. The molecule has 0 spiro atoms. The maximum absolute atomic E-state index is 12.9. The van der Waals surface area contributed by atoms with Gasteiger partial charge in [-0.05, 0) is 52.6 Å². The van der Waals surface area contributed by atoms with Gasteiger partial charge in [-0.3, -0.25) is 4.79 Å². The van der Waals surface area contributed by atoms with Crippen LogP contribution in [0.4, 0.5) is 5.69 Å². The van der Waals surface area contributed by atoms with Gasteiger partial charge in [-0.25, -0.2) is 4.79 Å². The normalized spacial score (nSPS) is 10.4. The molecule has 0 aliphatic carbocycles. The number of aromatic carboxylic acids is 1. The van der Waals surface area contributed by atoms with Crippen LogP contribution in [0.25, 0.3) is 22.3 Å². The fourth-order valence-electron chi connectivity index (χ4n) is 3.29. The van der Waals surface area contributed by atoms with E-state index in [-0.39, 0.29) is 11.5 Å². The number of carboxylic acid groups (broad SMARTS) is 1. The van der Waals surface area contributed by atoms with Crippen LogP contribution in [0.5, 0.6) is 0 Å². The number of rotatable bonds is 5. The first kappa shape index (κ1) is 19.2. The lowest BCUT2D eigenvalue weighted by atomic mass is 10.0. The third-order valence-corrected chi connectivity index (χ3v) is 4.78. The van der Waals surface area contributed by atoms with Crippen molar-refractivity contribution in [3.05, 3.63) is 114 Å². The molecular weight excluding hydrogens is 374 g/mol. The molecule has 0 fully saturated rings. The Bertz CT molecular complexity index is 1200. The van der Waals surface area contributed by atoms with Gasteiger partial charge in [-0.15, -0.1) is 0 Å². The summed E-state index contributed by atoms with van der Waals surface area (Å²) in [6.45, 7) is 0. The van der Waals surface area contributed by atoms with Gasteiger partial charge in [0.25, 0.3) is 5.91 Å². The maximum Gasteiger partial charge on any atom is 0.335 e. The van der Waals surface area contributed by atoms with E-state index in [1.54, 1.807) is 18.2 Å². The molecule has 4 aromatic rings. The van der Waals surface area contributed by atoms with E-state index in [2.05, 4.69) is 5.32 Å². The summed E-state index contributed by atoms with van der Waals surface area (Å²) < 4.78 is 0. The summed E-state index contributed by atoms with van der Waals surface area (Å²) in [5.41, 5.74) is 4.61.